The Bertz CT molecular complexity index is 1050. The van der Waals surface area contributed by atoms with Gasteiger partial charge in [-0.25, -0.2) is 0 Å². The Hall–Kier alpha value is -2.04. The van der Waals surface area contributed by atoms with E-state index in [1.807, 2.05) is 0 Å². The van der Waals surface area contributed by atoms with E-state index in [0.29, 0.717) is 25.0 Å². The van der Waals surface area contributed by atoms with Gasteiger partial charge in [-0.3, -0.25) is 0 Å². The lowest BCUT2D eigenvalue weighted by Crippen LogP contribution is -2.21. The molecule has 0 radical (unpaired) electrons. The molecule has 3 unspecified atom stereocenters. The Balaban J connectivity index is 1.43. The first-order valence-electron chi connectivity index (χ1n) is 15.2. The minimum atomic E-state index is -0.127. The second-order valence-corrected chi connectivity index (χ2v) is 12.4. The number of benzene rings is 2. The van der Waals surface area contributed by atoms with Crippen LogP contribution in [0.15, 0.2) is 36.4 Å². The molecule has 0 N–H and O–H groups in total. The van der Waals surface area contributed by atoms with Crippen LogP contribution in [0.2, 0.25) is 0 Å². The van der Waals surface area contributed by atoms with Crippen molar-refractivity contribution in [2.75, 3.05) is 26.4 Å². The average Bonchev–Trinajstić information content (AvgIpc) is 3.87. The largest absolute Gasteiger partial charge is 0.490 e. The highest BCUT2D eigenvalue weighted by atomic mass is 16.6. The van der Waals surface area contributed by atoms with Gasteiger partial charge in [0.2, 0.25) is 0 Å². The Morgan fingerprint density at radius 2 is 1.45 bits per heavy atom. The molecule has 4 nitrogen and oxygen atoms in total. The van der Waals surface area contributed by atoms with Gasteiger partial charge in [-0.1, -0.05) is 90.5 Å². The minimum absolute atomic E-state index is 0.127. The van der Waals surface area contributed by atoms with Crippen LogP contribution in [0.4, 0.5) is 0 Å². The first-order valence-corrected chi connectivity index (χ1v) is 15.2. The summed E-state index contributed by atoms with van der Waals surface area (Å²) in [4.78, 5) is 0. The summed E-state index contributed by atoms with van der Waals surface area (Å²) in [5.74, 6) is 3.14. The van der Waals surface area contributed by atoms with Crippen LogP contribution in [0.5, 0.6) is 11.5 Å². The van der Waals surface area contributed by atoms with Crippen molar-refractivity contribution in [2.24, 2.45) is 0 Å². The third-order valence-electron chi connectivity index (χ3n) is 8.93. The van der Waals surface area contributed by atoms with Crippen LogP contribution >= 0.6 is 0 Å². The average molecular weight is 521 g/mol. The minimum Gasteiger partial charge on any atom is -0.490 e. The Labute approximate surface area is 230 Å². The summed E-state index contributed by atoms with van der Waals surface area (Å²) >= 11 is 0. The summed E-state index contributed by atoms with van der Waals surface area (Å²) < 4.78 is 23.4. The highest BCUT2D eigenvalue weighted by molar-refractivity contribution is 5.49. The van der Waals surface area contributed by atoms with Crippen LogP contribution in [0, 0.1) is 0 Å². The van der Waals surface area contributed by atoms with Crippen LogP contribution in [0.1, 0.15) is 120 Å². The van der Waals surface area contributed by atoms with E-state index >= 15 is 0 Å². The van der Waals surface area contributed by atoms with E-state index < -0.39 is 0 Å². The van der Waals surface area contributed by atoms with Gasteiger partial charge < -0.3 is 18.9 Å². The number of hydrogen-bond donors (Lipinski definition) is 0. The van der Waals surface area contributed by atoms with Gasteiger partial charge in [-0.15, -0.1) is 0 Å². The SMILES string of the molecule is CCCCCC(C)c1cc(C(C)(C)c2ccc(OCC3CO3)c(C3CCCCC3)c2)ccc1OCC1CO1. The molecular weight excluding hydrogens is 472 g/mol. The van der Waals surface area contributed by atoms with E-state index in [2.05, 4.69) is 64.1 Å². The van der Waals surface area contributed by atoms with Gasteiger partial charge in [-0.05, 0) is 65.5 Å². The van der Waals surface area contributed by atoms with E-state index in [1.54, 1.807) is 0 Å². The summed E-state index contributed by atoms with van der Waals surface area (Å²) in [5, 5.41) is 0. The van der Waals surface area contributed by atoms with Crippen molar-refractivity contribution in [3.63, 3.8) is 0 Å². The van der Waals surface area contributed by atoms with Crippen molar-refractivity contribution >= 4 is 0 Å². The lowest BCUT2D eigenvalue weighted by Gasteiger charge is -2.31. The van der Waals surface area contributed by atoms with Crippen molar-refractivity contribution in [1.82, 2.24) is 0 Å². The zero-order valence-corrected chi connectivity index (χ0v) is 24.1. The quantitative estimate of drug-likeness (QED) is 0.186. The molecule has 3 aliphatic rings. The van der Waals surface area contributed by atoms with Gasteiger partial charge in [0, 0.05) is 5.41 Å². The molecule has 3 fully saturated rings. The molecule has 0 bridgehead atoms. The van der Waals surface area contributed by atoms with Crippen LogP contribution < -0.4 is 9.47 Å². The molecule has 0 spiro atoms. The first kappa shape index (κ1) is 27.5. The molecular formula is C34H48O4. The summed E-state index contributed by atoms with van der Waals surface area (Å²) in [7, 11) is 0. The van der Waals surface area contributed by atoms with E-state index in [0.717, 1.165) is 24.7 Å². The number of hydrogen-bond acceptors (Lipinski definition) is 4. The normalized spacial score (nSPS) is 22.2. The summed E-state index contributed by atoms with van der Waals surface area (Å²) in [6, 6.07) is 13.9. The maximum atomic E-state index is 6.30. The molecule has 208 valence electrons. The van der Waals surface area contributed by atoms with Crippen LogP contribution in [-0.2, 0) is 14.9 Å². The molecule has 2 aromatic rings. The Morgan fingerprint density at radius 3 is 2.08 bits per heavy atom. The van der Waals surface area contributed by atoms with E-state index in [9.17, 15) is 0 Å². The molecule has 2 heterocycles. The van der Waals surface area contributed by atoms with Crippen molar-refractivity contribution in [3.05, 3.63) is 58.7 Å². The molecule has 2 aliphatic heterocycles. The van der Waals surface area contributed by atoms with Crippen molar-refractivity contribution in [3.8, 4) is 11.5 Å². The molecule has 2 saturated heterocycles. The highest BCUT2D eigenvalue weighted by Crippen LogP contribution is 2.43. The maximum Gasteiger partial charge on any atom is 0.122 e. The maximum absolute atomic E-state index is 6.30. The fraction of sp³-hybridized carbons (Fsp3) is 0.647. The Morgan fingerprint density at radius 1 is 0.842 bits per heavy atom. The van der Waals surface area contributed by atoms with Crippen LogP contribution in [0.25, 0.3) is 0 Å². The van der Waals surface area contributed by atoms with Crippen molar-refractivity contribution in [2.45, 2.75) is 115 Å². The van der Waals surface area contributed by atoms with Gasteiger partial charge in [0.15, 0.2) is 0 Å². The van der Waals surface area contributed by atoms with Crippen LogP contribution in [-0.4, -0.2) is 38.6 Å². The smallest absolute Gasteiger partial charge is 0.122 e. The van der Waals surface area contributed by atoms with Crippen molar-refractivity contribution < 1.29 is 18.9 Å². The van der Waals surface area contributed by atoms with Gasteiger partial charge in [0.05, 0.1) is 13.2 Å². The molecule has 5 rings (SSSR count). The van der Waals surface area contributed by atoms with Crippen molar-refractivity contribution in [1.29, 1.82) is 0 Å². The lowest BCUT2D eigenvalue weighted by atomic mass is 9.74. The predicted octanol–water partition coefficient (Wildman–Crippen LogP) is 8.30. The molecule has 3 atom stereocenters. The monoisotopic (exact) mass is 520 g/mol. The van der Waals surface area contributed by atoms with Crippen LogP contribution in [0.3, 0.4) is 0 Å². The number of rotatable bonds is 14. The zero-order chi connectivity index (χ0) is 26.5. The van der Waals surface area contributed by atoms with Gasteiger partial charge in [-0.2, -0.15) is 0 Å². The molecule has 2 aromatic carbocycles. The fourth-order valence-electron chi connectivity index (χ4n) is 5.97. The van der Waals surface area contributed by atoms with Gasteiger partial charge in [0.1, 0.15) is 36.9 Å². The first-order chi connectivity index (χ1) is 18.5. The number of ether oxygens (including phenoxy) is 4. The number of epoxide rings is 2. The standard InChI is InChI=1S/C34H48O4/c1-5-6-8-11-24(2)30-18-26(14-16-32(30)37-22-28-20-35-28)34(3,4)27-15-17-33(38-23-29-21-36-29)31(19-27)25-12-9-7-10-13-25/h14-19,24-25,28-29H,5-13,20-23H2,1-4H3. The van der Waals surface area contributed by atoms with E-state index in [1.165, 1.54) is 80.0 Å². The molecule has 1 aliphatic carbocycles. The van der Waals surface area contributed by atoms with E-state index in [4.69, 9.17) is 18.9 Å². The van der Waals surface area contributed by atoms with Gasteiger partial charge >= 0.3 is 0 Å². The molecule has 38 heavy (non-hydrogen) atoms. The van der Waals surface area contributed by atoms with E-state index in [-0.39, 0.29) is 17.6 Å². The summed E-state index contributed by atoms with van der Waals surface area (Å²) in [6.45, 7) is 12.3. The molecule has 0 amide bonds. The lowest BCUT2D eigenvalue weighted by molar-refractivity contribution is 0.258. The zero-order valence-electron chi connectivity index (χ0n) is 24.1. The topological polar surface area (TPSA) is 43.5 Å². The Kier molecular flexibility index (Phi) is 9.00. The molecule has 4 heteroatoms. The number of unbranched alkanes of at least 4 members (excludes halogenated alkanes) is 2. The molecule has 0 aromatic heterocycles. The third-order valence-corrected chi connectivity index (χ3v) is 8.93. The second-order valence-electron chi connectivity index (χ2n) is 12.4. The predicted molar refractivity (Wildman–Crippen MR) is 154 cm³/mol. The summed E-state index contributed by atoms with van der Waals surface area (Å²) in [5.41, 5.74) is 5.31. The molecule has 1 saturated carbocycles. The third kappa shape index (κ3) is 6.93. The second kappa shape index (κ2) is 12.4. The highest BCUT2D eigenvalue weighted by Gasteiger charge is 2.30. The summed E-state index contributed by atoms with van der Waals surface area (Å²) in [6.07, 6.45) is 12.0. The van der Waals surface area contributed by atoms with Gasteiger partial charge in [0.25, 0.3) is 0 Å². The fourth-order valence-corrected chi connectivity index (χ4v) is 5.97.